The number of nitrogens with zero attached hydrogens (tertiary/aromatic N) is 1. The average Bonchev–Trinajstić information content (AvgIpc) is 2.73. The Morgan fingerprint density at radius 1 is 1.41 bits per heavy atom. The number of aryl methyl sites for hydroxylation is 2. The van der Waals surface area contributed by atoms with Crippen LogP contribution in [0.4, 0.5) is 0 Å². The summed E-state index contributed by atoms with van der Waals surface area (Å²) in [7, 11) is 0. The molecule has 1 heterocycles. The molecule has 0 fully saturated rings. The van der Waals surface area contributed by atoms with Gasteiger partial charge in [-0.15, -0.1) is 11.3 Å². The molecule has 0 bridgehead atoms. The maximum atomic E-state index is 4.32. The quantitative estimate of drug-likeness (QED) is 0.714. The fourth-order valence-corrected chi connectivity index (χ4v) is 2.72. The van der Waals surface area contributed by atoms with E-state index in [9.17, 15) is 0 Å². The Hall–Kier alpha value is -0.410. The summed E-state index contributed by atoms with van der Waals surface area (Å²) in [6.45, 7) is 11.3. The summed E-state index contributed by atoms with van der Waals surface area (Å²) in [5, 5.41) is 3.56. The maximum absolute atomic E-state index is 4.32. The number of hydrogen-bond acceptors (Lipinski definition) is 3. The van der Waals surface area contributed by atoms with Gasteiger partial charge in [-0.1, -0.05) is 20.8 Å². The van der Waals surface area contributed by atoms with Crippen molar-refractivity contribution in [1.82, 2.24) is 10.3 Å². The monoisotopic (exact) mass is 254 g/mol. The topological polar surface area (TPSA) is 24.9 Å². The minimum Gasteiger partial charge on any atom is -0.316 e. The van der Waals surface area contributed by atoms with Gasteiger partial charge in [0.25, 0.3) is 0 Å². The van der Waals surface area contributed by atoms with Crippen molar-refractivity contribution < 1.29 is 0 Å². The van der Waals surface area contributed by atoms with E-state index >= 15 is 0 Å². The first kappa shape index (κ1) is 14.7. The Balaban J connectivity index is 2.42. The third-order valence-corrected chi connectivity index (χ3v) is 4.63. The third kappa shape index (κ3) is 4.76. The molecule has 3 heteroatoms. The zero-order chi connectivity index (χ0) is 12.7. The predicted octanol–water partition coefficient (Wildman–Crippen LogP) is 3.80. The minimum atomic E-state index is 0.422. The van der Waals surface area contributed by atoms with E-state index < -0.39 is 0 Å². The number of nitrogens with one attached hydrogen (secondary N) is 1. The van der Waals surface area contributed by atoms with Crippen LogP contribution in [-0.4, -0.2) is 18.1 Å². The summed E-state index contributed by atoms with van der Waals surface area (Å²) >= 11 is 1.80. The molecule has 98 valence electrons. The van der Waals surface area contributed by atoms with Crippen LogP contribution in [0, 0.1) is 12.3 Å². The molecular weight excluding hydrogens is 228 g/mol. The molecule has 0 aromatic carbocycles. The standard InChI is InChI=1S/C14H26N2S/c1-5-9-15-10-14(4,6-2)8-7-13-12(3)16-11-17-13/h11,15H,5-10H2,1-4H3. The Labute approximate surface area is 110 Å². The maximum Gasteiger partial charge on any atom is 0.0797 e. The summed E-state index contributed by atoms with van der Waals surface area (Å²) in [6, 6.07) is 0. The summed E-state index contributed by atoms with van der Waals surface area (Å²) in [5.41, 5.74) is 3.60. The van der Waals surface area contributed by atoms with Crippen molar-refractivity contribution in [2.24, 2.45) is 5.41 Å². The lowest BCUT2D eigenvalue weighted by Crippen LogP contribution is -2.32. The van der Waals surface area contributed by atoms with Crippen LogP contribution in [0.5, 0.6) is 0 Å². The molecular formula is C14H26N2S. The van der Waals surface area contributed by atoms with Crippen molar-refractivity contribution in [3.63, 3.8) is 0 Å². The number of rotatable bonds is 8. The second-order valence-electron chi connectivity index (χ2n) is 5.20. The summed E-state index contributed by atoms with van der Waals surface area (Å²) in [6.07, 6.45) is 4.88. The fourth-order valence-electron chi connectivity index (χ4n) is 1.94. The fraction of sp³-hybridized carbons (Fsp3) is 0.786. The van der Waals surface area contributed by atoms with Crippen molar-refractivity contribution in [2.75, 3.05) is 13.1 Å². The molecule has 0 spiro atoms. The molecule has 1 aromatic rings. The second-order valence-corrected chi connectivity index (χ2v) is 6.14. The lowest BCUT2D eigenvalue weighted by molar-refractivity contribution is 0.270. The molecule has 0 aliphatic heterocycles. The first-order chi connectivity index (χ1) is 8.11. The van der Waals surface area contributed by atoms with Crippen molar-refractivity contribution >= 4 is 11.3 Å². The van der Waals surface area contributed by atoms with Crippen LogP contribution in [0.15, 0.2) is 5.51 Å². The van der Waals surface area contributed by atoms with Crippen LogP contribution in [-0.2, 0) is 6.42 Å². The smallest absolute Gasteiger partial charge is 0.0797 e. The Morgan fingerprint density at radius 2 is 2.18 bits per heavy atom. The van der Waals surface area contributed by atoms with E-state index in [-0.39, 0.29) is 0 Å². The molecule has 1 atom stereocenters. The van der Waals surface area contributed by atoms with Crippen LogP contribution in [0.3, 0.4) is 0 Å². The SMILES string of the molecule is CCCNCC(C)(CC)CCc1scnc1C. The number of aromatic nitrogens is 1. The lowest BCUT2D eigenvalue weighted by atomic mass is 9.82. The molecule has 1 N–H and O–H groups in total. The van der Waals surface area contributed by atoms with Crippen LogP contribution < -0.4 is 5.32 Å². The van der Waals surface area contributed by atoms with E-state index in [0.29, 0.717) is 5.41 Å². The van der Waals surface area contributed by atoms with Gasteiger partial charge in [0.05, 0.1) is 11.2 Å². The van der Waals surface area contributed by atoms with E-state index in [1.807, 2.05) is 5.51 Å². The van der Waals surface area contributed by atoms with E-state index in [0.717, 1.165) is 13.1 Å². The highest BCUT2D eigenvalue weighted by atomic mass is 32.1. The summed E-state index contributed by atoms with van der Waals surface area (Å²) < 4.78 is 0. The second kappa shape index (κ2) is 7.12. The van der Waals surface area contributed by atoms with E-state index in [1.54, 1.807) is 11.3 Å². The van der Waals surface area contributed by atoms with Gasteiger partial charge in [0.15, 0.2) is 0 Å². The molecule has 0 radical (unpaired) electrons. The van der Waals surface area contributed by atoms with Crippen LogP contribution in [0.25, 0.3) is 0 Å². The zero-order valence-electron chi connectivity index (χ0n) is 11.7. The number of hydrogen-bond donors (Lipinski definition) is 1. The van der Waals surface area contributed by atoms with E-state index in [2.05, 4.69) is 38.0 Å². The zero-order valence-corrected chi connectivity index (χ0v) is 12.5. The van der Waals surface area contributed by atoms with Crippen LogP contribution in [0.2, 0.25) is 0 Å². The van der Waals surface area contributed by atoms with Gasteiger partial charge < -0.3 is 5.32 Å². The largest absolute Gasteiger partial charge is 0.316 e. The van der Waals surface area contributed by atoms with Crippen molar-refractivity contribution in [3.8, 4) is 0 Å². The first-order valence-corrected chi connectivity index (χ1v) is 7.59. The Bertz CT molecular complexity index is 322. The number of thiazole rings is 1. The van der Waals surface area contributed by atoms with E-state index in [1.165, 1.54) is 36.3 Å². The van der Waals surface area contributed by atoms with Gasteiger partial charge in [0.2, 0.25) is 0 Å². The van der Waals surface area contributed by atoms with Gasteiger partial charge in [-0.2, -0.15) is 0 Å². The minimum absolute atomic E-state index is 0.422. The van der Waals surface area contributed by atoms with Gasteiger partial charge in [0, 0.05) is 11.4 Å². The summed E-state index contributed by atoms with van der Waals surface area (Å²) in [4.78, 5) is 5.78. The van der Waals surface area contributed by atoms with Gasteiger partial charge in [-0.3, -0.25) is 0 Å². The molecule has 0 saturated carbocycles. The molecule has 0 aliphatic rings. The predicted molar refractivity (Wildman–Crippen MR) is 76.7 cm³/mol. The van der Waals surface area contributed by atoms with Gasteiger partial charge in [-0.05, 0) is 44.6 Å². The van der Waals surface area contributed by atoms with Crippen molar-refractivity contribution in [2.45, 2.75) is 53.4 Å². The molecule has 17 heavy (non-hydrogen) atoms. The average molecular weight is 254 g/mol. The van der Waals surface area contributed by atoms with E-state index in [4.69, 9.17) is 0 Å². The van der Waals surface area contributed by atoms with Crippen LogP contribution in [0.1, 0.15) is 50.6 Å². The lowest BCUT2D eigenvalue weighted by Gasteiger charge is -2.28. The highest BCUT2D eigenvalue weighted by Gasteiger charge is 2.21. The van der Waals surface area contributed by atoms with Crippen LogP contribution >= 0.6 is 11.3 Å². The molecule has 1 unspecified atom stereocenters. The van der Waals surface area contributed by atoms with Crippen molar-refractivity contribution in [3.05, 3.63) is 16.1 Å². The van der Waals surface area contributed by atoms with Gasteiger partial charge in [-0.25, -0.2) is 4.98 Å². The highest BCUT2D eigenvalue weighted by molar-refractivity contribution is 7.09. The summed E-state index contributed by atoms with van der Waals surface area (Å²) in [5.74, 6) is 0. The molecule has 0 amide bonds. The molecule has 2 nitrogen and oxygen atoms in total. The molecule has 1 rings (SSSR count). The Morgan fingerprint density at radius 3 is 2.71 bits per heavy atom. The van der Waals surface area contributed by atoms with Gasteiger partial charge in [0.1, 0.15) is 0 Å². The normalized spacial score (nSPS) is 14.8. The molecule has 0 aliphatic carbocycles. The van der Waals surface area contributed by atoms with Gasteiger partial charge >= 0.3 is 0 Å². The highest BCUT2D eigenvalue weighted by Crippen LogP contribution is 2.28. The Kier molecular flexibility index (Phi) is 6.14. The molecule has 1 aromatic heterocycles. The first-order valence-electron chi connectivity index (χ1n) is 6.71. The van der Waals surface area contributed by atoms with Crippen molar-refractivity contribution in [1.29, 1.82) is 0 Å². The third-order valence-electron chi connectivity index (χ3n) is 3.63. The molecule has 0 saturated heterocycles.